The first-order valence-electron chi connectivity index (χ1n) is 5.93. The number of benzene rings is 1. The molecule has 0 amide bonds. The Kier molecular flexibility index (Phi) is 9.06. The van der Waals surface area contributed by atoms with E-state index in [4.69, 9.17) is 15.2 Å². The lowest BCUT2D eigenvalue weighted by atomic mass is 10.1. The van der Waals surface area contributed by atoms with E-state index in [1.165, 1.54) is 0 Å². The number of halogens is 1. The third-order valence-electron chi connectivity index (χ3n) is 2.32. The van der Waals surface area contributed by atoms with Crippen LogP contribution in [0.1, 0.15) is 19.4 Å². The molecule has 5 heteroatoms. The van der Waals surface area contributed by atoms with E-state index in [2.05, 4.69) is 12.1 Å². The number of nitrogens with two attached hydrogens (primary N) is 1. The number of ether oxygens (including phenoxy) is 2. The van der Waals surface area contributed by atoms with Gasteiger partial charge in [-0.15, -0.1) is 24.2 Å². The summed E-state index contributed by atoms with van der Waals surface area (Å²) >= 11 is 1.65. The topological polar surface area (TPSA) is 44.5 Å². The van der Waals surface area contributed by atoms with Crippen LogP contribution in [-0.4, -0.2) is 26.0 Å². The minimum Gasteiger partial charge on any atom is -0.493 e. The van der Waals surface area contributed by atoms with Gasteiger partial charge in [-0.05, 0) is 50.8 Å². The summed E-state index contributed by atoms with van der Waals surface area (Å²) in [5.41, 5.74) is 6.76. The molecule has 0 bridgehead atoms. The quantitative estimate of drug-likeness (QED) is 0.784. The van der Waals surface area contributed by atoms with Crippen LogP contribution in [0.15, 0.2) is 17.0 Å². The second kappa shape index (κ2) is 9.36. The van der Waals surface area contributed by atoms with Crippen LogP contribution in [0.2, 0.25) is 0 Å². The van der Waals surface area contributed by atoms with E-state index in [0.29, 0.717) is 19.8 Å². The van der Waals surface area contributed by atoms with Gasteiger partial charge in [-0.1, -0.05) is 0 Å². The first-order valence-corrected chi connectivity index (χ1v) is 7.15. The predicted octanol–water partition coefficient (Wildman–Crippen LogP) is 3.13. The van der Waals surface area contributed by atoms with Crippen molar-refractivity contribution in [2.45, 2.75) is 25.2 Å². The summed E-state index contributed by atoms with van der Waals surface area (Å²) in [6, 6.07) is 4.12. The first kappa shape index (κ1) is 17.4. The van der Waals surface area contributed by atoms with E-state index in [-0.39, 0.29) is 12.4 Å². The molecule has 0 spiro atoms. The average Bonchev–Trinajstić information content (AvgIpc) is 2.30. The Morgan fingerprint density at radius 1 is 1.11 bits per heavy atom. The van der Waals surface area contributed by atoms with Gasteiger partial charge in [0.05, 0.1) is 18.1 Å². The Morgan fingerprint density at radius 3 is 1.94 bits per heavy atom. The fourth-order valence-corrected chi connectivity index (χ4v) is 2.31. The van der Waals surface area contributed by atoms with Gasteiger partial charge in [-0.2, -0.15) is 0 Å². The van der Waals surface area contributed by atoms with Crippen LogP contribution in [0.4, 0.5) is 0 Å². The van der Waals surface area contributed by atoms with Crippen molar-refractivity contribution < 1.29 is 9.47 Å². The molecule has 18 heavy (non-hydrogen) atoms. The van der Waals surface area contributed by atoms with Crippen LogP contribution in [0, 0.1) is 0 Å². The molecule has 0 heterocycles. The molecule has 0 atom stereocenters. The van der Waals surface area contributed by atoms with Gasteiger partial charge in [0, 0.05) is 0 Å². The maximum absolute atomic E-state index is 5.66. The smallest absolute Gasteiger partial charge is 0.136 e. The molecule has 0 aliphatic carbocycles. The van der Waals surface area contributed by atoms with Gasteiger partial charge in [0.25, 0.3) is 0 Å². The van der Waals surface area contributed by atoms with E-state index in [1.54, 1.807) is 11.8 Å². The lowest BCUT2D eigenvalue weighted by molar-refractivity contribution is 0.308. The van der Waals surface area contributed by atoms with Crippen LogP contribution in [0.3, 0.4) is 0 Å². The Morgan fingerprint density at radius 2 is 1.61 bits per heavy atom. The highest BCUT2D eigenvalue weighted by atomic mass is 35.5. The van der Waals surface area contributed by atoms with Crippen molar-refractivity contribution in [2.24, 2.45) is 5.73 Å². The third-order valence-corrected chi connectivity index (χ3v) is 3.13. The third kappa shape index (κ3) is 4.59. The molecule has 0 saturated heterocycles. The molecule has 0 radical (unpaired) electrons. The van der Waals surface area contributed by atoms with Crippen LogP contribution < -0.4 is 15.2 Å². The summed E-state index contributed by atoms with van der Waals surface area (Å²) in [6.07, 6.45) is 2.87. The minimum absolute atomic E-state index is 0. The van der Waals surface area contributed by atoms with Gasteiger partial charge in [0.1, 0.15) is 11.5 Å². The SMILES string of the molecule is CCOc1cc(CCN)cc(OCC)c1SC.Cl. The zero-order chi connectivity index (χ0) is 12.7. The largest absolute Gasteiger partial charge is 0.493 e. The molecule has 0 aliphatic rings. The molecular weight excluding hydrogens is 270 g/mol. The second-order valence-electron chi connectivity index (χ2n) is 3.53. The summed E-state index contributed by atoms with van der Waals surface area (Å²) in [5, 5.41) is 0. The number of hydrogen-bond donors (Lipinski definition) is 1. The molecule has 0 unspecified atom stereocenters. The molecule has 104 valence electrons. The van der Waals surface area contributed by atoms with Crippen molar-refractivity contribution in [3.63, 3.8) is 0 Å². The van der Waals surface area contributed by atoms with Crippen molar-refractivity contribution in [1.29, 1.82) is 0 Å². The molecule has 1 aromatic carbocycles. The van der Waals surface area contributed by atoms with Crippen LogP contribution in [0.25, 0.3) is 0 Å². The van der Waals surface area contributed by atoms with E-state index < -0.39 is 0 Å². The predicted molar refractivity (Wildman–Crippen MR) is 80.6 cm³/mol. The molecular formula is C13H22ClNO2S. The Labute approximate surface area is 120 Å². The zero-order valence-corrected chi connectivity index (χ0v) is 12.8. The van der Waals surface area contributed by atoms with Gasteiger partial charge in [0.2, 0.25) is 0 Å². The first-order chi connectivity index (χ1) is 8.26. The van der Waals surface area contributed by atoms with Crippen molar-refractivity contribution >= 4 is 24.2 Å². The van der Waals surface area contributed by atoms with Crippen LogP contribution >= 0.6 is 24.2 Å². The highest BCUT2D eigenvalue weighted by Crippen LogP contribution is 2.38. The normalized spacial score (nSPS) is 9.78. The van der Waals surface area contributed by atoms with Crippen molar-refractivity contribution in [3.05, 3.63) is 17.7 Å². The van der Waals surface area contributed by atoms with Gasteiger partial charge in [-0.25, -0.2) is 0 Å². The molecule has 0 saturated carbocycles. The number of thioether (sulfide) groups is 1. The Bertz CT molecular complexity index is 334. The summed E-state index contributed by atoms with van der Waals surface area (Å²) in [6.45, 7) is 5.92. The summed E-state index contributed by atoms with van der Waals surface area (Å²) < 4.78 is 11.3. The van der Waals surface area contributed by atoms with E-state index >= 15 is 0 Å². The number of rotatable bonds is 7. The minimum atomic E-state index is 0. The Hall–Kier alpha value is -0.580. The lowest BCUT2D eigenvalue weighted by Crippen LogP contribution is -2.05. The van der Waals surface area contributed by atoms with Crippen molar-refractivity contribution in [3.8, 4) is 11.5 Å². The highest BCUT2D eigenvalue weighted by Gasteiger charge is 2.12. The zero-order valence-electron chi connectivity index (χ0n) is 11.2. The maximum atomic E-state index is 5.66. The van der Waals surface area contributed by atoms with E-state index in [0.717, 1.165) is 28.4 Å². The fraction of sp³-hybridized carbons (Fsp3) is 0.538. The molecule has 0 aliphatic heterocycles. The monoisotopic (exact) mass is 291 g/mol. The van der Waals surface area contributed by atoms with Gasteiger partial charge in [-0.3, -0.25) is 0 Å². The standard InChI is InChI=1S/C13H21NO2S.ClH/c1-4-15-11-8-10(6-7-14)9-12(16-5-2)13(11)17-3;/h8-9H,4-7,14H2,1-3H3;1H. The maximum Gasteiger partial charge on any atom is 0.136 e. The lowest BCUT2D eigenvalue weighted by Gasteiger charge is -2.15. The van der Waals surface area contributed by atoms with E-state index in [1.807, 2.05) is 20.1 Å². The van der Waals surface area contributed by atoms with Gasteiger partial charge < -0.3 is 15.2 Å². The molecule has 3 nitrogen and oxygen atoms in total. The van der Waals surface area contributed by atoms with Crippen LogP contribution in [-0.2, 0) is 6.42 Å². The highest BCUT2D eigenvalue weighted by molar-refractivity contribution is 7.98. The number of hydrogen-bond acceptors (Lipinski definition) is 4. The molecule has 0 fully saturated rings. The van der Waals surface area contributed by atoms with Crippen molar-refractivity contribution in [2.75, 3.05) is 26.0 Å². The van der Waals surface area contributed by atoms with Crippen molar-refractivity contribution in [1.82, 2.24) is 0 Å². The van der Waals surface area contributed by atoms with E-state index in [9.17, 15) is 0 Å². The fourth-order valence-electron chi connectivity index (χ4n) is 1.67. The van der Waals surface area contributed by atoms with Gasteiger partial charge in [0.15, 0.2) is 0 Å². The van der Waals surface area contributed by atoms with Gasteiger partial charge >= 0.3 is 0 Å². The average molecular weight is 292 g/mol. The van der Waals surface area contributed by atoms with Crippen LogP contribution in [0.5, 0.6) is 11.5 Å². The summed E-state index contributed by atoms with van der Waals surface area (Å²) in [7, 11) is 0. The molecule has 0 aromatic heterocycles. The molecule has 1 aromatic rings. The molecule has 2 N–H and O–H groups in total. The molecule has 1 rings (SSSR count). The summed E-state index contributed by atoms with van der Waals surface area (Å²) in [5.74, 6) is 1.80. The summed E-state index contributed by atoms with van der Waals surface area (Å²) in [4.78, 5) is 1.06. The Balaban J connectivity index is 0.00000289. The second-order valence-corrected chi connectivity index (χ2v) is 4.35.